The van der Waals surface area contributed by atoms with Crippen molar-refractivity contribution in [1.82, 2.24) is 9.47 Å². The number of likely N-dealkylation sites (tertiary alicyclic amines) is 1. The second-order valence-electron chi connectivity index (χ2n) is 6.02. The van der Waals surface area contributed by atoms with Gasteiger partial charge in [0.05, 0.1) is 5.92 Å². The smallest absolute Gasteiger partial charge is 0.308 e. The Balaban J connectivity index is 1.77. The number of carboxylic acids is 1. The number of nitrogens with zero attached hydrogens (tertiary/aromatic N) is 2. The summed E-state index contributed by atoms with van der Waals surface area (Å²) in [6, 6.07) is 4.19. The third kappa shape index (κ3) is 2.11. The number of carbonyl (C=O) groups is 2. The van der Waals surface area contributed by atoms with Crippen molar-refractivity contribution < 1.29 is 14.7 Å². The summed E-state index contributed by atoms with van der Waals surface area (Å²) in [5.41, 5.74) is 0.702. The van der Waals surface area contributed by atoms with Crippen LogP contribution in [0.3, 0.4) is 0 Å². The summed E-state index contributed by atoms with van der Waals surface area (Å²) in [4.78, 5) is 25.4. The monoisotopic (exact) mass is 276 g/mol. The van der Waals surface area contributed by atoms with E-state index < -0.39 is 11.9 Å². The fourth-order valence-corrected chi connectivity index (χ4v) is 3.17. The highest BCUT2D eigenvalue weighted by Gasteiger charge is 2.38. The van der Waals surface area contributed by atoms with Crippen molar-refractivity contribution in [3.8, 4) is 0 Å². The number of carbonyl (C=O) groups excluding carboxylic acids is 1. The van der Waals surface area contributed by atoms with Gasteiger partial charge in [0, 0.05) is 25.3 Å². The average Bonchev–Trinajstić information content (AvgIpc) is 2.93. The van der Waals surface area contributed by atoms with Crippen molar-refractivity contribution in [3.63, 3.8) is 0 Å². The fourth-order valence-electron chi connectivity index (χ4n) is 3.17. The SMILES string of the molecule is C[C@@H]1CN(C(=O)c2cccn2C2CCC2)C[C@H]1C(=O)O. The Hall–Kier alpha value is -1.78. The number of aliphatic carboxylic acids is 1. The molecule has 0 unspecified atom stereocenters. The van der Waals surface area contributed by atoms with E-state index in [0.717, 1.165) is 12.8 Å². The zero-order valence-corrected chi connectivity index (χ0v) is 11.7. The van der Waals surface area contributed by atoms with Crippen LogP contribution in [0.4, 0.5) is 0 Å². The van der Waals surface area contributed by atoms with Crippen molar-refractivity contribution in [2.24, 2.45) is 11.8 Å². The van der Waals surface area contributed by atoms with Gasteiger partial charge in [-0.15, -0.1) is 0 Å². The summed E-state index contributed by atoms with van der Waals surface area (Å²) in [5, 5.41) is 9.16. The minimum absolute atomic E-state index is 0.0172. The molecule has 5 heteroatoms. The van der Waals surface area contributed by atoms with Crippen LogP contribution >= 0.6 is 0 Å². The maximum atomic E-state index is 12.6. The first-order chi connectivity index (χ1) is 9.58. The summed E-state index contributed by atoms with van der Waals surface area (Å²) < 4.78 is 2.06. The molecule has 0 spiro atoms. The van der Waals surface area contributed by atoms with Crippen molar-refractivity contribution in [2.75, 3.05) is 13.1 Å². The van der Waals surface area contributed by atoms with Crippen LogP contribution < -0.4 is 0 Å². The molecule has 1 aliphatic carbocycles. The molecule has 20 heavy (non-hydrogen) atoms. The average molecular weight is 276 g/mol. The van der Waals surface area contributed by atoms with Crippen LogP contribution in [-0.4, -0.2) is 39.5 Å². The third-order valence-electron chi connectivity index (χ3n) is 4.68. The molecule has 3 rings (SSSR count). The van der Waals surface area contributed by atoms with Gasteiger partial charge in [0.15, 0.2) is 0 Å². The molecule has 1 N–H and O–H groups in total. The minimum atomic E-state index is -0.804. The Morgan fingerprint density at radius 3 is 2.60 bits per heavy atom. The van der Waals surface area contributed by atoms with Gasteiger partial charge in [-0.05, 0) is 37.3 Å². The molecule has 0 bridgehead atoms. The number of hydrogen-bond donors (Lipinski definition) is 1. The fraction of sp³-hybridized carbons (Fsp3) is 0.600. The molecule has 2 fully saturated rings. The van der Waals surface area contributed by atoms with E-state index in [4.69, 9.17) is 5.11 Å². The zero-order chi connectivity index (χ0) is 14.3. The van der Waals surface area contributed by atoms with E-state index in [-0.39, 0.29) is 11.8 Å². The third-order valence-corrected chi connectivity index (χ3v) is 4.68. The second-order valence-corrected chi connectivity index (χ2v) is 6.02. The Kier molecular flexibility index (Phi) is 3.28. The summed E-state index contributed by atoms with van der Waals surface area (Å²) in [7, 11) is 0. The van der Waals surface area contributed by atoms with E-state index in [2.05, 4.69) is 4.57 Å². The second kappa shape index (κ2) is 4.96. The van der Waals surface area contributed by atoms with E-state index in [9.17, 15) is 9.59 Å². The van der Waals surface area contributed by atoms with Crippen molar-refractivity contribution in [1.29, 1.82) is 0 Å². The van der Waals surface area contributed by atoms with Gasteiger partial charge in [-0.3, -0.25) is 9.59 Å². The molecular weight excluding hydrogens is 256 g/mol. The predicted molar refractivity (Wildman–Crippen MR) is 73.5 cm³/mol. The molecule has 2 atom stereocenters. The highest BCUT2D eigenvalue weighted by molar-refractivity contribution is 5.93. The summed E-state index contributed by atoms with van der Waals surface area (Å²) in [6.07, 6.45) is 5.44. The first kappa shape index (κ1) is 13.2. The van der Waals surface area contributed by atoms with E-state index in [1.807, 2.05) is 25.3 Å². The lowest BCUT2D eigenvalue weighted by Crippen LogP contribution is -2.32. The Bertz CT molecular complexity index is 533. The molecular formula is C15H20N2O3. The van der Waals surface area contributed by atoms with Crippen LogP contribution in [0.15, 0.2) is 18.3 Å². The van der Waals surface area contributed by atoms with E-state index in [0.29, 0.717) is 24.8 Å². The molecule has 2 heterocycles. The highest BCUT2D eigenvalue weighted by Crippen LogP contribution is 2.33. The van der Waals surface area contributed by atoms with Crippen molar-refractivity contribution in [3.05, 3.63) is 24.0 Å². The molecule has 1 amide bonds. The standard InChI is InChI=1S/C15H20N2O3/c1-10-8-16(9-12(10)15(19)20)14(18)13-6-3-7-17(13)11-4-2-5-11/h3,6-7,10-12H,2,4-5,8-9H2,1H3,(H,19,20)/t10-,12-/m1/s1. The molecule has 1 aromatic rings. The van der Waals surface area contributed by atoms with Gasteiger partial charge >= 0.3 is 5.97 Å². The topological polar surface area (TPSA) is 62.5 Å². The Labute approximate surface area is 118 Å². The van der Waals surface area contributed by atoms with Crippen LogP contribution in [0.2, 0.25) is 0 Å². The number of aromatic nitrogens is 1. The molecule has 2 aliphatic rings. The predicted octanol–water partition coefficient (Wildman–Crippen LogP) is 2.01. The summed E-state index contributed by atoms with van der Waals surface area (Å²) >= 11 is 0. The van der Waals surface area contributed by atoms with E-state index in [1.165, 1.54) is 6.42 Å². The summed E-state index contributed by atoms with van der Waals surface area (Å²) in [6.45, 7) is 2.76. The molecule has 1 aliphatic heterocycles. The summed E-state index contributed by atoms with van der Waals surface area (Å²) in [5.74, 6) is -1.26. The van der Waals surface area contributed by atoms with E-state index >= 15 is 0 Å². The van der Waals surface area contributed by atoms with Gasteiger partial charge in [0.2, 0.25) is 0 Å². The molecule has 108 valence electrons. The quantitative estimate of drug-likeness (QED) is 0.918. The first-order valence-electron chi connectivity index (χ1n) is 7.27. The molecule has 1 saturated heterocycles. The first-order valence-corrected chi connectivity index (χ1v) is 7.27. The van der Waals surface area contributed by atoms with Gasteiger partial charge in [-0.1, -0.05) is 6.92 Å². The molecule has 5 nitrogen and oxygen atoms in total. The van der Waals surface area contributed by atoms with Gasteiger partial charge in [0.25, 0.3) is 5.91 Å². The normalized spacial score (nSPS) is 26.6. The van der Waals surface area contributed by atoms with E-state index in [1.54, 1.807) is 4.90 Å². The molecule has 1 saturated carbocycles. The Morgan fingerprint density at radius 2 is 2.05 bits per heavy atom. The maximum absolute atomic E-state index is 12.6. The zero-order valence-electron chi connectivity index (χ0n) is 11.7. The van der Waals surface area contributed by atoms with Gasteiger partial charge in [-0.2, -0.15) is 0 Å². The molecule has 1 aromatic heterocycles. The lowest BCUT2D eigenvalue weighted by atomic mass is 9.93. The van der Waals surface area contributed by atoms with Crippen LogP contribution in [0.25, 0.3) is 0 Å². The van der Waals surface area contributed by atoms with Crippen LogP contribution in [0.1, 0.15) is 42.7 Å². The van der Waals surface area contributed by atoms with Crippen LogP contribution in [-0.2, 0) is 4.79 Å². The van der Waals surface area contributed by atoms with Gasteiger partial charge in [0.1, 0.15) is 5.69 Å². The number of rotatable bonds is 3. The van der Waals surface area contributed by atoms with Gasteiger partial charge < -0.3 is 14.6 Å². The lowest BCUT2D eigenvalue weighted by Gasteiger charge is -2.29. The number of amides is 1. The van der Waals surface area contributed by atoms with Gasteiger partial charge in [-0.25, -0.2) is 0 Å². The number of carboxylic acid groups (broad SMARTS) is 1. The lowest BCUT2D eigenvalue weighted by molar-refractivity contribution is -0.142. The largest absolute Gasteiger partial charge is 0.481 e. The molecule has 0 aromatic carbocycles. The number of hydrogen-bond acceptors (Lipinski definition) is 2. The van der Waals surface area contributed by atoms with Crippen LogP contribution in [0.5, 0.6) is 0 Å². The maximum Gasteiger partial charge on any atom is 0.308 e. The van der Waals surface area contributed by atoms with Crippen molar-refractivity contribution >= 4 is 11.9 Å². The Morgan fingerprint density at radius 1 is 1.30 bits per heavy atom. The highest BCUT2D eigenvalue weighted by atomic mass is 16.4. The minimum Gasteiger partial charge on any atom is -0.481 e. The molecule has 0 radical (unpaired) electrons. The van der Waals surface area contributed by atoms with Crippen molar-refractivity contribution in [2.45, 2.75) is 32.2 Å². The van der Waals surface area contributed by atoms with Crippen LogP contribution in [0, 0.1) is 11.8 Å².